The molecule has 4 N–H and O–H groups in total. The highest BCUT2D eigenvalue weighted by Gasteiger charge is 2.33. The van der Waals surface area contributed by atoms with Gasteiger partial charge >= 0.3 is 0 Å². The summed E-state index contributed by atoms with van der Waals surface area (Å²) < 4.78 is 15.4. The summed E-state index contributed by atoms with van der Waals surface area (Å²) in [5, 5.41) is 4.73. The summed E-state index contributed by atoms with van der Waals surface area (Å²) in [4.78, 5) is 26.0. The van der Waals surface area contributed by atoms with Crippen LogP contribution in [0.25, 0.3) is 0 Å². The Hall–Kier alpha value is -3.16. The predicted molar refractivity (Wildman–Crippen MR) is 111 cm³/mol. The van der Waals surface area contributed by atoms with Gasteiger partial charge < -0.3 is 16.4 Å². The van der Waals surface area contributed by atoms with Crippen LogP contribution < -0.4 is 11.5 Å². The summed E-state index contributed by atoms with van der Waals surface area (Å²) in [5.74, 6) is -0.857. The molecule has 0 spiro atoms. The Bertz CT molecular complexity index is 1020. The van der Waals surface area contributed by atoms with Crippen LogP contribution in [0, 0.1) is 5.82 Å². The van der Waals surface area contributed by atoms with Crippen molar-refractivity contribution in [2.45, 2.75) is 44.1 Å². The lowest BCUT2D eigenvalue weighted by Gasteiger charge is -2.32. The van der Waals surface area contributed by atoms with Crippen LogP contribution in [0.2, 0.25) is 0 Å². The molecule has 0 saturated carbocycles. The molecule has 1 aliphatic carbocycles. The second kappa shape index (κ2) is 7.93. The maximum Gasteiger partial charge on any atom is 0.254 e. The maximum atomic E-state index is 13.7. The number of amides is 2. The lowest BCUT2D eigenvalue weighted by atomic mass is 9.81. The first-order valence-electron chi connectivity index (χ1n) is 10.2. The molecule has 1 fully saturated rings. The van der Waals surface area contributed by atoms with Crippen LogP contribution in [0.3, 0.4) is 0 Å². The summed E-state index contributed by atoms with van der Waals surface area (Å²) in [6.45, 7) is 4.66. The average molecular weight is 411 g/mol. The number of hydrogen-bond acceptors (Lipinski definition) is 4. The normalized spacial score (nSPS) is 21.2. The number of fused-ring (bicyclic) bond motifs is 1. The number of carbonyl (C=O) groups is 2. The third-order valence-corrected chi connectivity index (χ3v) is 6.23. The SMILES string of the molecule is C=CC(=O)N1CCC[C@@H](n2nc(C3CCc4ccc(F)cc4C3)c(C(N)=O)c2N)C1. The summed E-state index contributed by atoms with van der Waals surface area (Å²) in [5.41, 5.74) is 14.9. The zero-order valence-corrected chi connectivity index (χ0v) is 16.8. The number of rotatable bonds is 4. The smallest absolute Gasteiger partial charge is 0.254 e. The average Bonchev–Trinajstić information content (AvgIpc) is 3.10. The Labute approximate surface area is 174 Å². The van der Waals surface area contributed by atoms with Gasteiger partial charge in [0.05, 0.1) is 11.7 Å². The molecule has 30 heavy (non-hydrogen) atoms. The van der Waals surface area contributed by atoms with Gasteiger partial charge in [-0.05, 0) is 61.4 Å². The molecule has 2 amide bonds. The minimum Gasteiger partial charge on any atom is -0.383 e. The number of anilines is 1. The Kier molecular flexibility index (Phi) is 5.32. The van der Waals surface area contributed by atoms with E-state index < -0.39 is 5.91 Å². The van der Waals surface area contributed by atoms with E-state index in [0.717, 1.165) is 36.8 Å². The molecule has 2 aromatic rings. The number of likely N-dealkylation sites (tertiary alicyclic amines) is 1. The van der Waals surface area contributed by atoms with Crippen LogP contribution in [0.5, 0.6) is 0 Å². The molecule has 1 aliphatic heterocycles. The fourth-order valence-corrected chi connectivity index (χ4v) is 4.72. The van der Waals surface area contributed by atoms with Gasteiger partial charge in [0.2, 0.25) is 5.91 Å². The number of nitrogen functional groups attached to an aromatic ring is 1. The first kappa shape index (κ1) is 20.1. The molecule has 8 heteroatoms. The first-order valence-corrected chi connectivity index (χ1v) is 10.2. The van der Waals surface area contributed by atoms with Crippen LogP contribution in [-0.4, -0.2) is 39.6 Å². The summed E-state index contributed by atoms with van der Waals surface area (Å²) in [7, 11) is 0. The van der Waals surface area contributed by atoms with E-state index >= 15 is 0 Å². The van der Waals surface area contributed by atoms with Gasteiger partial charge in [-0.3, -0.25) is 9.59 Å². The lowest BCUT2D eigenvalue weighted by molar-refractivity contribution is -0.127. The second-order valence-corrected chi connectivity index (χ2v) is 8.09. The molecule has 2 aliphatic rings. The molecule has 1 saturated heterocycles. The van der Waals surface area contributed by atoms with Crippen molar-refractivity contribution < 1.29 is 14.0 Å². The highest BCUT2D eigenvalue weighted by Crippen LogP contribution is 2.37. The third kappa shape index (κ3) is 3.58. The zero-order valence-electron chi connectivity index (χ0n) is 16.8. The van der Waals surface area contributed by atoms with Crippen molar-refractivity contribution >= 4 is 17.6 Å². The van der Waals surface area contributed by atoms with Gasteiger partial charge in [-0.25, -0.2) is 9.07 Å². The molecule has 4 rings (SSSR count). The van der Waals surface area contributed by atoms with Crippen molar-refractivity contribution in [2.24, 2.45) is 5.73 Å². The number of nitrogens with zero attached hydrogens (tertiary/aromatic N) is 3. The van der Waals surface area contributed by atoms with Crippen molar-refractivity contribution in [3.63, 3.8) is 0 Å². The largest absolute Gasteiger partial charge is 0.383 e. The van der Waals surface area contributed by atoms with Crippen LogP contribution in [0.1, 0.15) is 58.4 Å². The van der Waals surface area contributed by atoms with Crippen LogP contribution in [-0.2, 0) is 17.6 Å². The highest BCUT2D eigenvalue weighted by molar-refractivity contribution is 5.98. The number of aryl methyl sites for hydroxylation is 1. The number of hydrogen-bond donors (Lipinski definition) is 2. The number of carbonyl (C=O) groups excluding carboxylic acids is 2. The number of primary amides is 1. The Morgan fingerprint density at radius 1 is 1.27 bits per heavy atom. The van der Waals surface area contributed by atoms with E-state index in [-0.39, 0.29) is 35.1 Å². The summed E-state index contributed by atoms with van der Waals surface area (Å²) in [6, 6.07) is 4.70. The van der Waals surface area contributed by atoms with Crippen LogP contribution >= 0.6 is 0 Å². The molecular formula is C22H26FN5O2. The third-order valence-electron chi connectivity index (χ3n) is 6.23. The van der Waals surface area contributed by atoms with Gasteiger partial charge in [-0.1, -0.05) is 12.6 Å². The van der Waals surface area contributed by atoms with E-state index in [4.69, 9.17) is 16.6 Å². The quantitative estimate of drug-likeness (QED) is 0.753. The molecule has 1 unspecified atom stereocenters. The minimum absolute atomic E-state index is 0.0696. The highest BCUT2D eigenvalue weighted by atomic mass is 19.1. The fourth-order valence-electron chi connectivity index (χ4n) is 4.72. The monoisotopic (exact) mass is 411 g/mol. The standard InChI is InChI=1S/C22H26FN5O2/c1-2-18(29)27-9-3-4-17(12-27)28-21(24)19(22(25)30)20(26-28)14-6-5-13-7-8-16(23)11-15(13)10-14/h2,7-8,11,14,17H,1,3-6,9-10,12,24H2,(H2,25,30)/t14?,17-/m1/s1. The number of nitrogens with two attached hydrogens (primary N) is 2. The summed E-state index contributed by atoms with van der Waals surface area (Å²) >= 11 is 0. The Morgan fingerprint density at radius 3 is 2.80 bits per heavy atom. The Morgan fingerprint density at radius 2 is 2.07 bits per heavy atom. The fraction of sp³-hybridized carbons (Fsp3) is 0.409. The molecule has 0 radical (unpaired) electrons. The molecule has 0 bridgehead atoms. The van der Waals surface area contributed by atoms with Gasteiger partial charge in [0.15, 0.2) is 0 Å². The molecule has 7 nitrogen and oxygen atoms in total. The second-order valence-electron chi connectivity index (χ2n) is 8.09. The van der Waals surface area contributed by atoms with Crippen molar-refractivity contribution in [2.75, 3.05) is 18.8 Å². The summed E-state index contributed by atoms with van der Waals surface area (Å²) in [6.07, 6.45) is 5.03. The van der Waals surface area contributed by atoms with Gasteiger partial charge in [-0.15, -0.1) is 0 Å². The van der Waals surface area contributed by atoms with E-state index in [1.54, 1.807) is 15.6 Å². The van der Waals surface area contributed by atoms with E-state index in [1.807, 2.05) is 6.07 Å². The minimum atomic E-state index is -0.617. The number of aromatic nitrogens is 2. The van der Waals surface area contributed by atoms with E-state index in [9.17, 15) is 14.0 Å². The van der Waals surface area contributed by atoms with Gasteiger partial charge in [0.1, 0.15) is 17.2 Å². The molecular weight excluding hydrogens is 385 g/mol. The van der Waals surface area contributed by atoms with Crippen LogP contribution in [0.4, 0.5) is 10.2 Å². The van der Waals surface area contributed by atoms with Crippen molar-refractivity contribution in [3.8, 4) is 0 Å². The molecule has 1 aromatic heterocycles. The zero-order chi connectivity index (χ0) is 21.4. The molecule has 2 heterocycles. The molecule has 2 atom stereocenters. The Balaban J connectivity index is 1.67. The van der Waals surface area contributed by atoms with Gasteiger partial charge in [-0.2, -0.15) is 5.10 Å². The molecule has 158 valence electrons. The van der Waals surface area contributed by atoms with Crippen molar-refractivity contribution in [1.29, 1.82) is 0 Å². The topological polar surface area (TPSA) is 107 Å². The van der Waals surface area contributed by atoms with Crippen molar-refractivity contribution in [3.05, 3.63) is 59.1 Å². The number of piperidine rings is 1. The van der Waals surface area contributed by atoms with E-state index in [2.05, 4.69) is 6.58 Å². The van der Waals surface area contributed by atoms with Gasteiger partial charge in [0.25, 0.3) is 5.91 Å². The van der Waals surface area contributed by atoms with Gasteiger partial charge in [0, 0.05) is 19.0 Å². The lowest BCUT2D eigenvalue weighted by Crippen LogP contribution is -2.40. The number of benzene rings is 1. The first-order chi connectivity index (χ1) is 14.4. The predicted octanol–water partition coefficient (Wildman–Crippen LogP) is 2.33. The van der Waals surface area contributed by atoms with Crippen molar-refractivity contribution in [1.82, 2.24) is 14.7 Å². The number of halogens is 1. The maximum absolute atomic E-state index is 13.7. The van der Waals surface area contributed by atoms with Crippen LogP contribution in [0.15, 0.2) is 30.9 Å². The molecule has 1 aromatic carbocycles. The van der Waals surface area contributed by atoms with E-state index in [1.165, 1.54) is 12.1 Å². The van der Waals surface area contributed by atoms with E-state index in [0.29, 0.717) is 25.2 Å².